The highest BCUT2D eigenvalue weighted by atomic mass is 28.3. The predicted molar refractivity (Wildman–Crippen MR) is 207 cm³/mol. The van der Waals surface area contributed by atoms with Crippen molar-refractivity contribution in [2.75, 3.05) is 30.5 Å². The molecule has 2 aliphatic rings. The number of carbonyl (C=O) groups is 2. The van der Waals surface area contributed by atoms with Crippen LogP contribution >= 0.6 is 0 Å². The van der Waals surface area contributed by atoms with E-state index >= 15 is 4.79 Å². The van der Waals surface area contributed by atoms with E-state index in [1.807, 2.05) is 35.4 Å². The Hall–Kier alpha value is -4.10. The van der Waals surface area contributed by atoms with Crippen molar-refractivity contribution in [3.8, 4) is 5.75 Å². The largest absolute Gasteiger partial charge is 0.497 e. The van der Waals surface area contributed by atoms with Gasteiger partial charge in [-0.05, 0) is 82.8 Å². The van der Waals surface area contributed by atoms with E-state index in [9.17, 15) is 15.0 Å². The van der Waals surface area contributed by atoms with E-state index in [1.54, 1.807) is 17.9 Å². The highest BCUT2D eigenvalue weighted by Crippen LogP contribution is 2.60. The van der Waals surface area contributed by atoms with Crippen LogP contribution in [0.5, 0.6) is 5.75 Å². The Labute approximate surface area is 308 Å². The molecule has 11 nitrogen and oxygen atoms in total. The van der Waals surface area contributed by atoms with Gasteiger partial charge in [0.1, 0.15) is 11.9 Å². The van der Waals surface area contributed by atoms with Crippen LogP contribution in [0.25, 0.3) is 0 Å². The number of hydrogen-bond donors (Lipinski definition) is 3. The number of benzene rings is 2. The number of carbonyl (C=O) groups excluding carboxylic acids is 2. The Morgan fingerprint density at radius 3 is 2.54 bits per heavy atom. The zero-order valence-corrected chi connectivity index (χ0v) is 32.8. The highest BCUT2D eigenvalue weighted by Gasteiger charge is 2.66. The lowest BCUT2D eigenvalue weighted by molar-refractivity contribution is -0.145. The lowest BCUT2D eigenvalue weighted by Crippen LogP contribution is -2.52. The number of allylic oxidation sites excluding steroid dienone is 3. The number of aliphatic hydroxyl groups excluding tert-OH is 2. The molecule has 5 rings (SSSR count). The standard InChI is InChI=1S/C40H55N5O6Si/c1-26(2)10-9-11-27(3)18-22-45-35-17-12-30(41-38(48)29(5)47)24-34(35)40(39(45)49)28(4)37(52(7,8)33-15-13-32(50-6)14-16-33)36(51-40)19-21-44-25-31(20-23-46)42-43-44/h10,12-18,24-25,28-29,36-37,46-47H,9,11,19-23H2,1-8H3,(H,41,48)/b27-18+/t28-,29-,36+,37-,40+/m0/s1. The third-order valence-electron chi connectivity index (χ3n) is 10.8. The number of aryl methyl sites for hydroxylation is 1. The number of anilines is 2. The Bertz CT molecular complexity index is 1800. The molecule has 3 heterocycles. The summed E-state index contributed by atoms with van der Waals surface area (Å²) in [5, 5.41) is 32.0. The van der Waals surface area contributed by atoms with Gasteiger partial charge in [0, 0.05) is 49.5 Å². The van der Waals surface area contributed by atoms with Crippen LogP contribution in [-0.2, 0) is 32.9 Å². The number of nitrogens with zero attached hydrogens (tertiary/aromatic N) is 4. The molecule has 52 heavy (non-hydrogen) atoms. The molecular weight excluding hydrogens is 675 g/mol. The van der Waals surface area contributed by atoms with Crippen LogP contribution in [-0.4, -0.2) is 77.6 Å². The van der Waals surface area contributed by atoms with E-state index in [0.717, 1.165) is 35.5 Å². The molecule has 0 radical (unpaired) electrons. The Morgan fingerprint density at radius 1 is 1.15 bits per heavy atom. The Morgan fingerprint density at radius 2 is 1.88 bits per heavy atom. The zero-order chi connectivity index (χ0) is 37.8. The quantitative estimate of drug-likeness (QED) is 0.138. The van der Waals surface area contributed by atoms with Crippen molar-refractivity contribution in [1.29, 1.82) is 0 Å². The molecule has 0 saturated carbocycles. The lowest BCUT2D eigenvalue weighted by atomic mass is 9.82. The van der Waals surface area contributed by atoms with Crippen molar-refractivity contribution in [3.05, 3.63) is 83.2 Å². The van der Waals surface area contributed by atoms with Gasteiger partial charge in [0.25, 0.3) is 11.8 Å². The first-order chi connectivity index (χ1) is 24.7. The van der Waals surface area contributed by atoms with E-state index in [4.69, 9.17) is 9.47 Å². The number of methoxy groups -OCH3 is 1. The van der Waals surface area contributed by atoms with Gasteiger partial charge < -0.3 is 29.9 Å². The number of aliphatic hydroxyl groups is 2. The van der Waals surface area contributed by atoms with Gasteiger partial charge in [-0.1, -0.05) is 65.8 Å². The monoisotopic (exact) mass is 729 g/mol. The summed E-state index contributed by atoms with van der Waals surface area (Å²) in [7, 11) is -0.726. The number of fused-ring (bicyclic) bond motifs is 2. The third-order valence-corrected chi connectivity index (χ3v) is 15.2. The van der Waals surface area contributed by atoms with Crippen molar-refractivity contribution in [3.63, 3.8) is 0 Å². The van der Waals surface area contributed by atoms with Crippen LogP contribution in [0, 0.1) is 5.92 Å². The number of amides is 2. The third kappa shape index (κ3) is 7.95. The fraction of sp³-hybridized carbons (Fsp3) is 0.500. The number of aromatic nitrogens is 3. The van der Waals surface area contributed by atoms with Gasteiger partial charge in [-0.25, -0.2) is 0 Å². The summed E-state index contributed by atoms with van der Waals surface area (Å²) >= 11 is 0. The second kappa shape index (κ2) is 16.3. The molecule has 2 amide bonds. The van der Waals surface area contributed by atoms with Gasteiger partial charge in [0.05, 0.1) is 32.7 Å². The Balaban J connectivity index is 1.58. The smallest absolute Gasteiger partial charge is 0.264 e. The second-order valence-electron chi connectivity index (χ2n) is 15.1. The van der Waals surface area contributed by atoms with Crippen LogP contribution in [0.3, 0.4) is 0 Å². The van der Waals surface area contributed by atoms with E-state index in [0.29, 0.717) is 31.6 Å². The second-order valence-corrected chi connectivity index (χ2v) is 19.8. The summed E-state index contributed by atoms with van der Waals surface area (Å²) in [5.41, 5.74) is 3.88. The fourth-order valence-electron chi connectivity index (χ4n) is 7.96. The SMILES string of the molecule is COc1ccc([Si](C)(C)[C@@H]2[C@@H](CCn3cc(CCO)nn3)O[C@]3(C(=O)N(C/C=C(\C)CCC=C(C)C)c4ccc(NC(=O)[C@H](C)O)cc43)[C@H]2C)cc1. The molecule has 12 heteroatoms. The lowest BCUT2D eigenvalue weighted by Gasteiger charge is -2.37. The Kier molecular flexibility index (Phi) is 12.2. The molecule has 0 bridgehead atoms. The number of rotatable bonds is 15. The van der Waals surface area contributed by atoms with Crippen LogP contribution in [0.4, 0.5) is 11.4 Å². The number of hydrogen-bond acceptors (Lipinski definition) is 8. The van der Waals surface area contributed by atoms with Crippen LogP contribution in [0.2, 0.25) is 18.6 Å². The van der Waals surface area contributed by atoms with E-state index < -0.39 is 25.7 Å². The maximum absolute atomic E-state index is 15.1. The molecular formula is C40H55N5O6Si. The maximum atomic E-state index is 15.1. The summed E-state index contributed by atoms with van der Waals surface area (Å²) in [6.07, 6.45) is 7.56. The molecule has 0 unspecified atom stereocenters. The summed E-state index contributed by atoms with van der Waals surface area (Å²) < 4.78 is 14.5. The van der Waals surface area contributed by atoms with Crippen LogP contribution < -0.4 is 20.1 Å². The van der Waals surface area contributed by atoms with Gasteiger partial charge in [-0.2, -0.15) is 0 Å². The first-order valence-electron chi connectivity index (χ1n) is 18.3. The molecule has 0 aliphatic carbocycles. The fourth-order valence-corrected chi connectivity index (χ4v) is 12.0. The molecule has 3 N–H and O–H groups in total. The summed E-state index contributed by atoms with van der Waals surface area (Å²) in [6.45, 7) is 15.5. The van der Waals surface area contributed by atoms with Crippen molar-refractivity contribution in [2.45, 2.75) is 103 Å². The molecule has 1 saturated heterocycles. The summed E-state index contributed by atoms with van der Waals surface area (Å²) in [6, 6.07) is 13.8. The van der Waals surface area contributed by atoms with Gasteiger partial charge in [0.2, 0.25) is 0 Å². The van der Waals surface area contributed by atoms with E-state index in [1.165, 1.54) is 23.3 Å². The number of nitrogens with one attached hydrogen (secondary N) is 1. The van der Waals surface area contributed by atoms with Crippen LogP contribution in [0.1, 0.15) is 65.1 Å². The molecule has 2 aliphatic heterocycles. The van der Waals surface area contributed by atoms with Gasteiger partial charge in [-0.3, -0.25) is 14.3 Å². The molecule has 2 aromatic carbocycles. The highest BCUT2D eigenvalue weighted by molar-refractivity contribution is 6.91. The molecule has 3 aromatic rings. The molecule has 5 atom stereocenters. The van der Waals surface area contributed by atoms with Gasteiger partial charge in [0.15, 0.2) is 5.60 Å². The predicted octanol–water partition coefficient (Wildman–Crippen LogP) is 5.49. The average molecular weight is 730 g/mol. The zero-order valence-electron chi connectivity index (χ0n) is 31.8. The molecule has 280 valence electrons. The summed E-state index contributed by atoms with van der Waals surface area (Å²) in [5.74, 6) is -0.0830. The molecule has 1 fully saturated rings. The van der Waals surface area contributed by atoms with Crippen molar-refractivity contribution in [2.24, 2.45) is 5.92 Å². The number of ether oxygens (including phenoxy) is 2. The minimum Gasteiger partial charge on any atom is -0.497 e. The summed E-state index contributed by atoms with van der Waals surface area (Å²) in [4.78, 5) is 29.6. The molecule has 1 aromatic heterocycles. The molecule has 1 spiro atoms. The maximum Gasteiger partial charge on any atom is 0.264 e. The van der Waals surface area contributed by atoms with Gasteiger partial charge in [-0.15, -0.1) is 5.10 Å². The first-order valence-corrected chi connectivity index (χ1v) is 21.4. The van der Waals surface area contributed by atoms with Crippen molar-refractivity contribution in [1.82, 2.24) is 15.0 Å². The first kappa shape index (κ1) is 39.1. The van der Waals surface area contributed by atoms with E-state index in [2.05, 4.69) is 80.7 Å². The van der Waals surface area contributed by atoms with Crippen molar-refractivity contribution >= 4 is 36.4 Å². The topological polar surface area (TPSA) is 139 Å². The normalized spacial score (nSPS) is 22.1. The van der Waals surface area contributed by atoms with Crippen molar-refractivity contribution < 1.29 is 29.3 Å². The van der Waals surface area contributed by atoms with E-state index in [-0.39, 0.29) is 30.1 Å². The van der Waals surface area contributed by atoms with Crippen LogP contribution in [0.15, 0.2) is 72.0 Å². The average Bonchev–Trinajstić information content (AvgIpc) is 3.75. The van der Waals surface area contributed by atoms with Gasteiger partial charge >= 0.3 is 0 Å². The minimum absolute atomic E-state index is 0.00393. The minimum atomic E-state index is -2.39.